The SMILES string of the molecule is Cc1ccc(S(=O)(=O)Nc2nc(C(C)(C)C)co2)c(Cl)c1. The number of aryl methyl sites for hydroxylation is 1. The number of anilines is 1. The second-order valence-corrected chi connectivity index (χ2v) is 7.89. The Balaban J connectivity index is 2.31. The van der Waals surface area contributed by atoms with Gasteiger partial charge in [0.05, 0.1) is 10.7 Å². The Kier molecular flexibility index (Phi) is 4.04. The smallest absolute Gasteiger partial charge is 0.309 e. The molecule has 1 N–H and O–H groups in total. The normalized spacial score (nSPS) is 12.4. The number of hydrogen-bond acceptors (Lipinski definition) is 4. The summed E-state index contributed by atoms with van der Waals surface area (Å²) in [6.07, 6.45) is 1.44. The second-order valence-electron chi connectivity index (χ2n) is 5.83. The van der Waals surface area contributed by atoms with Gasteiger partial charge >= 0.3 is 6.01 Å². The molecule has 0 aliphatic rings. The number of oxazole rings is 1. The van der Waals surface area contributed by atoms with Gasteiger partial charge in [-0.05, 0) is 24.6 Å². The van der Waals surface area contributed by atoms with Gasteiger partial charge in [-0.3, -0.25) is 0 Å². The van der Waals surface area contributed by atoms with Crippen molar-refractivity contribution in [2.45, 2.75) is 38.0 Å². The molecule has 0 aliphatic heterocycles. The monoisotopic (exact) mass is 328 g/mol. The molecule has 0 radical (unpaired) electrons. The third-order valence-electron chi connectivity index (χ3n) is 2.87. The average Bonchev–Trinajstić information content (AvgIpc) is 2.75. The van der Waals surface area contributed by atoms with Gasteiger partial charge in [-0.2, -0.15) is 4.98 Å². The molecule has 0 bridgehead atoms. The molecule has 0 aliphatic carbocycles. The van der Waals surface area contributed by atoms with E-state index in [-0.39, 0.29) is 21.3 Å². The lowest BCUT2D eigenvalue weighted by atomic mass is 9.93. The minimum Gasteiger partial charge on any atom is -0.431 e. The molecular formula is C14H17ClN2O3S. The molecule has 2 rings (SSSR count). The Morgan fingerprint density at radius 1 is 1.29 bits per heavy atom. The molecule has 1 heterocycles. The average molecular weight is 329 g/mol. The Morgan fingerprint density at radius 2 is 1.95 bits per heavy atom. The van der Waals surface area contributed by atoms with Gasteiger partial charge in [-0.1, -0.05) is 38.4 Å². The van der Waals surface area contributed by atoms with Crippen LogP contribution in [0.15, 0.2) is 33.8 Å². The van der Waals surface area contributed by atoms with Gasteiger partial charge in [0.15, 0.2) is 0 Å². The van der Waals surface area contributed by atoms with Crippen LogP contribution in [0.3, 0.4) is 0 Å². The minimum atomic E-state index is -3.83. The largest absolute Gasteiger partial charge is 0.431 e. The Bertz CT molecular complexity index is 761. The summed E-state index contributed by atoms with van der Waals surface area (Å²) >= 11 is 5.99. The number of benzene rings is 1. The van der Waals surface area contributed by atoms with E-state index in [0.29, 0.717) is 5.69 Å². The first-order valence-electron chi connectivity index (χ1n) is 6.34. The van der Waals surface area contributed by atoms with Crippen molar-refractivity contribution in [2.75, 3.05) is 4.72 Å². The molecule has 114 valence electrons. The van der Waals surface area contributed by atoms with Crippen molar-refractivity contribution in [2.24, 2.45) is 0 Å². The van der Waals surface area contributed by atoms with E-state index in [1.807, 2.05) is 27.7 Å². The van der Waals surface area contributed by atoms with Crippen LogP contribution < -0.4 is 4.72 Å². The van der Waals surface area contributed by atoms with E-state index in [1.54, 1.807) is 12.1 Å². The van der Waals surface area contributed by atoms with Gasteiger partial charge in [0, 0.05) is 5.41 Å². The Morgan fingerprint density at radius 3 is 2.48 bits per heavy atom. The third kappa shape index (κ3) is 3.57. The standard InChI is InChI=1S/C14H17ClN2O3S/c1-9-5-6-11(10(15)7-9)21(18,19)17-13-16-12(8-20-13)14(2,3)4/h5-8H,1-4H3,(H,16,17). The summed E-state index contributed by atoms with van der Waals surface area (Å²) in [5.41, 5.74) is 1.31. The number of aromatic nitrogens is 1. The van der Waals surface area contributed by atoms with E-state index in [2.05, 4.69) is 9.71 Å². The lowest BCUT2D eigenvalue weighted by Gasteiger charge is -2.13. The van der Waals surface area contributed by atoms with Gasteiger partial charge in [-0.25, -0.2) is 13.1 Å². The highest BCUT2D eigenvalue weighted by atomic mass is 35.5. The fourth-order valence-electron chi connectivity index (χ4n) is 1.66. The van der Waals surface area contributed by atoms with E-state index < -0.39 is 10.0 Å². The first kappa shape index (κ1) is 15.9. The van der Waals surface area contributed by atoms with E-state index in [1.165, 1.54) is 12.3 Å². The molecule has 0 saturated heterocycles. The second kappa shape index (κ2) is 5.35. The van der Waals surface area contributed by atoms with Crippen molar-refractivity contribution < 1.29 is 12.8 Å². The van der Waals surface area contributed by atoms with Crippen LogP contribution in [0.2, 0.25) is 5.02 Å². The van der Waals surface area contributed by atoms with Crippen molar-refractivity contribution in [3.63, 3.8) is 0 Å². The van der Waals surface area contributed by atoms with Crippen LogP contribution in [0.5, 0.6) is 0 Å². The zero-order valence-corrected chi connectivity index (χ0v) is 13.8. The van der Waals surface area contributed by atoms with Crippen LogP contribution in [-0.4, -0.2) is 13.4 Å². The highest BCUT2D eigenvalue weighted by molar-refractivity contribution is 7.92. The zero-order chi connectivity index (χ0) is 15.8. The molecule has 0 atom stereocenters. The topological polar surface area (TPSA) is 72.2 Å². The zero-order valence-electron chi connectivity index (χ0n) is 12.3. The molecule has 1 aromatic carbocycles. The number of sulfonamides is 1. The van der Waals surface area contributed by atoms with Crippen LogP contribution in [0.25, 0.3) is 0 Å². The Hall–Kier alpha value is -1.53. The number of halogens is 1. The summed E-state index contributed by atoms with van der Waals surface area (Å²) in [6, 6.07) is 4.65. The van der Waals surface area contributed by atoms with Crippen LogP contribution in [0.4, 0.5) is 6.01 Å². The first-order chi connectivity index (χ1) is 9.59. The predicted octanol–water partition coefficient (Wildman–Crippen LogP) is 3.73. The van der Waals surface area contributed by atoms with Crippen LogP contribution in [0.1, 0.15) is 32.0 Å². The molecule has 0 spiro atoms. The maximum absolute atomic E-state index is 12.3. The summed E-state index contributed by atoms with van der Waals surface area (Å²) in [5, 5.41) is 0.158. The fraction of sp³-hybridized carbons (Fsp3) is 0.357. The highest BCUT2D eigenvalue weighted by Gasteiger charge is 2.23. The first-order valence-corrected chi connectivity index (χ1v) is 8.21. The number of nitrogens with zero attached hydrogens (tertiary/aromatic N) is 1. The van der Waals surface area contributed by atoms with Crippen molar-refractivity contribution in [3.05, 3.63) is 40.7 Å². The highest BCUT2D eigenvalue weighted by Crippen LogP contribution is 2.26. The molecule has 21 heavy (non-hydrogen) atoms. The lowest BCUT2D eigenvalue weighted by molar-refractivity contribution is 0.544. The summed E-state index contributed by atoms with van der Waals surface area (Å²) in [6.45, 7) is 7.71. The van der Waals surface area contributed by atoms with Gasteiger partial charge in [0.1, 0.15) is 11.2 Å². The van der Waals surface area contributed by atoms with Crippen molar-refractivity contribution in [1.29, 1.82) is 0 Å². The number of nitrogens with one attached hydrogen (secondary N) is 1. The fourth-order valence-corrected chi connectivity index (χ4v) is 3.20. The molecule has 7 heteroatoms. The van der Waals surface area contributed by atoms with Crippen molar-refractivity contribution in [3.8, 4) is 0 Å². The number of hydrogen-bond donors (Lipinski definition) is 1. The summed E-state index contributed by atoms with van der Waals surface area (Å²) < 4.78 is 32.1. The van der Waals surface area contributed by atoms with Crippen LogP contribution in [-0.2, 0) is 15.4 Å². The number of rotatable bonds is 3. The molecule has 0 fully saturated rings. The quantitative estimate of drug-likeness (QED) is 0.931. The molecule has 0 saturated carbocycles. The minimum absolute atomic E-state index is 0.00900. The summed E-state index contributed by atoms with van der Waals surface area (Å²) in [5.74, 6) is 0. The summed E-state index contributed by atoms with van der Waals surface area (Å²) in [7, 11) is -3.83. The van der Waals surface area contributed by atoms with Gasteiger partial charge in [-0.15, -0.1) is 0 Å². The molecule has 5 nitrogen and oxygen atoms in total. The van der Waals surface area contributed by atoms with Crippen molar-refractivity contribution >= 4 is 27.6 Å². The maximum Gasteiger partial charge on any atom is 0.309 e. The lowest BCUT2D eigenvalue weighted by Crippen LogP contribution is -2.15. The van der Waals surface area contributed by atoms with Crippen LogP contribution >= 0.6 is 11.6 Å². The summed E-state index contributed by atoms with van der Waals surface area (Å²) in [4.78, 5) is 4.13. The van der Waals surface area contributed by atoms with Gasteiger partial charge in [0.25, 0.3) is 10.0 Å². The molecular weight excluding hydrogens is 312 g/mol. The maximum atomic E-state index is 12.3. The van der Waals surface area contributed by atoms with E-state index in [4.69, 9.17) is 16.0 Å². The molecule has 0 amide bonds. The Labute approximate surface area is 129 Å². The molecule has 2 aromatic rings. The van der Waals surface area contributed by atoms with Crippen molar-refractivity contribution in [1.82, 2.24) is 4.98 Å². The van der Waals surface area contributed by atoms with E-state index >= 15 is 0 Å². The van der Waals surface area contributed by atoms with Gasteiger partial charge in [0.2, 0.25) is 0 Å². The predicted molar refractivity (Wildman–Crippen MR) is 82.2 cm³/mol. The van der Waals surface area contributed by atoms with E-state index in [9.17, 15) is 8.42 Å². The molecule has 1 aromatic heterocycles. The molecule has 0 unspecified atom stereocenters. The van der Waals surface area contributed by atoms with E-state index in [0.717, 1.165) is 5.56 Å². The van der Waals surface area contributed by atoms with Crippen LogP contribution in [0, 0.1) is 6.92 Å². The van der Waals surface area contributed by atoms with Gasteiger partial charge < -0.3 is 4.42 Å². The third-order valence-corrected chi connectivity index (χ3v) is 4.67.